The minimum Gasteiger partial charge on any atom is -0.504 e. The predicted molar refractivity (Wildman–Crippen MR) is 141 cm³/mol. The van der Waals surface area contributed by atoms with Crippen LogP contribution in [0.2, 0.25) is 5.02 Å². The van der Waals surface area contributed by atoms with Crippen molar-refractivity contribution in [3.63, 3.8) is 0 Å². The monoisotopic (exact) mass is 539 g/mol. The molecule has 2 atom stereocenters. The van der Waals surface area contributed by atoms with Crippen LogP contribution in [0.25, 0.3) is 0 Å². The largest absolute Gasteiger partial charge is 0.504 e. The zero-order valence-electron chi connectivity index (χ0n) is 21.0. The number of rotatable bonds is 9. The second-order valence-corrected chi connectivity index (χ2v) is 12.7. The third kappa shape index (κ3) is 5.01. The van der Waals surface area contributed by atoms with Crippen molar-refractivity contribution in [2.75, 3.05) is 10.6 Å². The van der Waals surface area contributed by atoms with Gasteiger partial charge in [0.15, 0.2) is 5.75 Å². The van der Waals surface area contributed by atoms with Gasteiger partial charge < -0.3 is 20.5 Å². The van der Waals surface area contributed by atoms with Gasteiger partial charge in [-0.2, -0.15) is 0 Å². The summed E-state index contributed by atoms with van der Waals surface area (Å²) in [5, 5.41) is 16.7. The molecule has 0 radical (unpaired) electrons. The molecule has 4 rings (SSSR count). The summed E-state index contributed by atoms with van der Waals surface area (Å²) in [6.07, 6.45) is 5.58. The van der Waals surface area contributed by atoms with Crippen molar-refractivity contribution >= 4 is 38.7 Å². The van der Waals surface area contributed by atoms with Crippen LogP contribution in [0.15, 0.2) is 26.6 Å². The van der Waals surface area contributed by atoms with Gasteiger partial charge in [0.05, 0.1) is 28.0 Å². The Morgan fingerprint density at radius 1 is 1.11 bits per heavy atom. The van der Waals surface area contributed by atoms with Crippen LogP contribution in [0.3, 0.4) is 0 Å². The number of phenolic OH excluding ortho intramolecular Hbond substituents is 1. The van der Waals surface area contributed by atoms with Gasteiger partial charge in [0.2, 0.25) is 10.0 Å². The highest BCUT2D eigenvalue weighted by Crippen LogP contribution is 2.42. The van der Waals surface area contributed by atoms with Crippen molar-refractivity contribution in [2.45, 2.75) is 101 Å². The topological polar surface area (TPSA) is 134 Å². The first-order chi connectivity index (χ1) is 16.8. The van der Waals surface area contributed by atoms with Crippen LogP contribution in [-0.4, -0.2) is 36.8 Å². The van der Waals surface area contributed by atoms with Gasteiger partial charge in [-0.15, -0.1) is 0 Å². The van der Waals surface area contributed by atoms with Crippen LogP contribution >= 0.6 is 11.6 Å². The van der Waals surface area contributed by atoms with E-state index in [1.807, 2.05) is 27.7 Å². The van der Waals surface area contributed by atoms with Gasteiger partial charge >= 0.3 is 0 Å². The fraction of sp³-hybridized carbons (Fsp3) is 0.600. The molecule has 36 heavy (non-hydrogen) atoms. The lowest BCUT2D eigenvalue weighted by Crippen LogP contribution is -2.48. The van der Waals surface area contributed by atoms with E-state index in [0.717, 1.165) is 25.7 Å². The summed E-state index contributed by atoms with van der Waals surface area (Å²) in [7, 11) is -4.12. The lowest BCUT2D eigenvalue weighted by molar-refractivity contribution is -0.0847. The second-order valence-electron chi connectivity index (χ2n) is 10.7. The Bertz CT molecular complexity index is 1330. The van der Waals surface area contributed by atoms with Crippen LogP contribution in [-0.2, 0) is 14.8 Å². The van der Waals surface area contributed by atoms with E-state index in [1.54, 1.807) is 0 Å². The van der Waals surface area contributed by atoms with E-state index in [1.165, 1.54) is 12.1 Å². The van der Waals surface area contributed by atoms with Gasteiger partial charge in [-0.25, -0.2) is 13.1 Å². The highest BCUT2D eigenvalue weighted by Gasteiger charge is 2.46. The fourth-order valence-electron chi connectivity index (χ4n) is 5.40. The van der Waals surface area contributed by atoms with Gasteiger partial charge in [-0.3, -0.25) is 9.59 Å². The molecule has 2 fully saturated rings. The number of halogens is 1. The third-order valence-corrected chi connectivity index (χ3v) is 9.42. The number of hydrogen-bond acceptors (Lipinski definition) is 8. The quantitative estimate of drug-likeness (QED) is 0.276. The standard InChI is InChI=1S/C25H34ClN3O6S/c1-5-17(25(4)13-12-24(2,3)35-25)28-19-18(21(31)22(19)32)27-16-11-10-15(26)23(20(16)30)36(33,34)29-14-8-6-7-9-14/h10-11,14,17,27-30H,5-9,12-13H2,1-4H3/t17-,25-/m1/s1. The van der Waals surface area contributed by atoms with Crippen LogP contribution in [0.1, 0.15) is 72.6 Å². The second kappa shape index (κ2) is 9.63. The Morgan fingerprint density at radius 2 is 1.75 bits per heavy atom. The number of sulfonamides is 1. The normalized spacial score (nSPS) is 23.2. The number of benzene rings is 1. The molecule has 0 unspecified atom stereocenters. The number of aromatic hydroxyl groups is 1. The third-order valence-electron chi connectivity index (χ3n) is 7.40. The summed E-state index contributed by atoms with van der Waals surface area (Å²) in [4.78, 5) is 24.5. The van der Waals surface area contributed by atoms with E-state index >= 15 is 0 Å². The molecule has 2 aromatic carbocycles. The molecule has 1 aliphatic heterocycles. The van der Waals surface area contributed by atoms with Crippen molar-refractivity contribution in [1.29, 1.82) is 0 Å². The Labute approximate surface area is 216 Å². The molecule has 1 aliphatic carbocycles. The first-order valence-electron chi connectivity index (χ1n) is 12.4. The van der Waals surface area contributed by atoms with Gasteiger partial charge in [-0.05, 0) is 65.0 Å². The first kappa shape index (κ1) is 26.9. The van der Waals surface area contributed by atoms with Crippen LogP contribution in [0.5, 0.6) is 5.75 Å². The van der Waals surface area contributed by atoms with Crippen molar-refractivity contribution in [3.05, 3.63) is 37.6 Å². The van der Waals surface area contributed by atoms with Crippen molar-refractivity contribution in [1.82, 2.24) is 4.72 Å². The zero-order valence-corrected chi connectivity index (χ0v) is 22.6. The smallest absolute Gasteiger partial charge is 0.253 e. The Kier molecular flexibility index (Phi) is 7.20. The molecule has 0 aromatic heterocycles. The van der Waals surface area contributed by atoms with Gasteiger partial charge in [0.1, 0.15) is 16.3 Å². The molecule has 0 spiro atoms. The van der Waals surface area contributed by atoms with Gasteiger partial charge in [0.25, 0.3) is 10.9 Å². The predicted octanol–water partition coefficient (Wildman–Crippen LogP) is 4.14. The first-order valence-corrected chi connectivity index (χ1v) is 14.2. The van der Waals surface area contributed by atoms with Crippen molar-refractivity contribution in [3.8, 4) is 5.75 Å². The molecule has 0 amide bonds. The van der Waals surface area contributed by atoms with E-state index in [-0.39, 0.29) is 39.8 Å². The molecule has 4 N–H and O–H groups in total. The van der Waals surface area contributed by atoms with E-state index < -0.39 is 37.1 Å². The Balaban J connectivity index is 1.61. The van der Waals surface area contributed by atoms with Gasteiger partial charge in [-0.1, -0.05) is 31.4 Å². The maximum absolute atomic E-state index is 13.0. The van der Waals surface area contributed by atoms with Crippen molar-refractivity contribution < 1.29 is 18.3 Å². The molecule has 9 nitrogen and oxygen atoms in total. The molecule has 11 heteroatoms. The molecule has 2 aliphatic rings. The molecule has 1 saturated carbocycles. The highest BCUT2D eigenvalue weighted by atomic mass is 35.5. The lowest BCUT2D eigenvalue weighted by atomic mass is 9.89. The average Bonchev–Trinajstić information content (AvgIpc) is 3.40. The summed E-state index contributed by atoms with van der Waals surface area (Å²) >= 11 is 6.17. The summed E-state index contributed by atoms with van der Waals surface area (Å²) in [5.74, 6) is -0.619. The minimum absolute atomic E-state index is 0.0379. The van der Waals surface area contributed by atoms with Crippen molar-refractivity contribution in [2.24, 2.45) is 0 Å². The number of phenols is 1. The number of nitrogens with one attached hydrogen (secondary N) is 3. The SMILES string of the molecule is CC[C@@H](Nc1c(Nc2ccc(Cl)c(S(=O)(=O)NC3CCCC3)c2O)c(=O)c1=O)[C@@]1(C)CCC(C)(C)O1. The van der Waals surface area contributed by atoms with Crippen LogP contribution < -0.4 is 26.2 Å². The molecule has 1 heterocycles. The average molecular weight is 540 g/mol. The Hall–Kier alpha value is -2.14. The highest BCUT2D eigenvalue weighted by molar-refractivity contribution is 7.89. The molecule has 2 aromatic rings. The molecular formula is C25H34ClN3O6S. The summed E-state index contributed by atoms with van der Waals surface area (Å²) in [5.41, 5.74) is -2.26. The van der Waals surface area contributed by atoms with E-state index in [4.69, 9.17) is 16.3 Å². The van der Waals surface area contributed by atoms with Gasteiger partial charge in [0, 0.05) is 6.04 Å². The molecule has 1 saturated heterocycles. The van der Waals surface area contributed by atoms with E-state index in [2.05, 4.69) is 15.4 Å². The van der Waals surface area contributed by atoms with Crippen LogP contribution in [0.4, 0.5) is 17.1 Å². The Morgan fingerprint density at radius 3 is 2.33 bits per heavy atom. The molecular weight excluding hydrogens is 506 g/mol. The minimum atomic E-state index is -4.12. The number of anilines is 3. The fourth-order valence-corrected chi connectivity index (χ4v) is 7.34. The van der Waals surface area contributed by atoms with E-state index in [0.29, 0.717) is 19.3 Å². The van der Waals surface area contributed by atoms with E-state index in [9.17, 15) is 23.1 Å². The molecule has 0 bridgehead atoms. The number of ether oxygens (including phenoxy) is 1. The zero-order chi connectivity index (χ0) is 26.5. The lowest BCUT2D eigenvalue weighted by Gasteiger charge is -2.37. The summed E-state index contributed by atoms with van der Waals surface area (Å²) < 4.78 is 34.9. The maximum Gasteiger partial charge on any atom is 0.253 e. The van der Waals surface area contributed by atoms with Crippen LogP contribution in [0, 0.1) is 0 Å². The number of hydrogen-bond donors (Lipinski definition) is 4. The summed E-state index contributed by atoms with van der Waals surface area (Å²) in [6.45, 7) is 7.99. The summed E-state index contributed by atoms with van der Waals surface area (Å²) in [6, 6.07) is 2.24. The molecule has 198 valence electrons. The maximum atomic E-state index is 13.0.